The molecule has 0 unspecified atom stereocenters. The highest BCUT2D eigenvalue weighted by Gasteiger charge is 2.19. The lowest BCUT2D eigenvalue weighted by Crippen LogP contribution is -2.28. The number of hydrogen-bond donors (Lipinski definition) is 12. The number of aliphatic hydroxyl groups excluding tert-OH is 3. The number of anilines is 7. The molecule has 0 saturated heterocycles. The normalized spacial score (nSPS) is 11.9. The van der Waals surface area contributed by atoms with Gasteiger partial charge in [-0.2, -0.15) is 46.7 Å². The van der Waals surface area contributed by atoms with Gasteiger partial charge in [0, 0.05) is 60.8 Å². The van der Waals surface area contributed by atoms with Gasteiger partial charge in [-0.1, -0.05) is 34.4 Å². The maximum Gasteiger partial charge on any atom is 0.295 e. The molecule has 354 valence electrons. The molecule has 2 aromatic carbocycles. The third-order valence-corrected chi connectivity index (χ3v) is 10.5. The van der Waals surface area contributed by atoms with Gasteiger partial charge >= 0.3 is 0 Å². The van der Waals surface area contributed by atoms with Gasteiger partial charge in [0.25, 0.3) is 33.0 Å². The summed E-state index contributed by atoms with van der Waals surface area (Å²) in [4.78, 5) is 29.3. The van der Waals surface area contributed by atoms with Crippen LogP contribution in [-0.4, -0.2) is 152 Å². The molecule has 0 saturated carbocycles. The van der Waals surface area contributed by atoms with Crippen LogP contribution in [0.3, 0.4) is 0 Å². The van der Waals surface area contributed by atoms with Crippen LogP contribution in [0.25, 0.3) is 12.2 Å². The van der Waals surface area contributed by atoms with Gasteiger partial charge in [0.1, 0.15) is 4.90 Å². The van der Waals surface area contributed by atoms with Crippen molar-refractivity contribution in [2.24, 2.45) is 4.99 Å². The van der Waals surface area contributed by atoms with E-state index in [0.29, 0.717) is 35.3 Å². The number of ether oxygens (including phenoxy) is 1. The zero-order chi connectivity index (χ0) is 47.1. The number of hydrogen-bond acceptors (Lipinski definition) is 28. The van der Waals surface area contributed by atoms with E-state index in [1.807, 2.05) is 0 Å². The summed E-state index contributed by atoms with van der Waals surface area (Å²) in [5.74, 6) is -0.819. The van der Waals surface area contributed by atoms with Gasteiger partial charge in [-0.05, 0) is 48.0 Å². The Labute approximate surface area is 379 Å². The minimum Gasteiger partial charge on any atom is -0.397 e. The number of aliphatic imine (C=N–C) groups is 1. The fraction of sp³-hybridized carbons (Fsp3) is 0.344. The lowest BCUT2D eigenvalue weighted by molar-refractivity contribution is -0.432. The van der Waals surface area contributed by atoms with Crippen LogP contribution in [0.4, 0.5) is 47.1 Å². The third-order valence-electron chi connectivity index (χ3n) is 7.80. The number of rotatable bonds is 31. The molecule has 0 fully saturated rings. The molecule has 28 nitrogen and oxygen atoms in total. The minimum atomic E-state index is -4.85. The summed E-state index contributed by atoms with van der Waals surface area (Å²) in [6.45, 7) is -0.750. The number of nitrogens with one attached hydrogen (secondary N) is 5. The highest BCUT2D eigenvalue weighted by Crippen LogP contribution is 2.31. The average molecular weight is 991 g/mol. The highest BCUT2D eigenvalue weighted by molar-refractivity contribution is 7.95. The molecule has 65 heavy (non-hydrogen) atoms. The number of aromatic nitrogens is 6. The first-order valence-corrected chi connectivity index (χ1v) is 23.3. The topological polar surface area (TPSA) is 406 Å². The molecular weight excluding hydrogens is 948 g/mol. The minimum absolute atomic E-state index is 0.00998. The molecule has 0 aliphatic rings. The Kier molecular flexibility index (Phi) is 22.3. The summed E-state index contributed by atoms with van der Waals surface area (Å²) >= 11 is 1.27. The van der Waals surface area contributed by atoms with Gasteiger partial charge in [0.15, 0.2) is 0 Å². The predicted molar refractivity (Wildman–Crippen MR) is 238 cm³/mol. The van der Waals surface area contributed by atoms with Crippen LogP contribution in [-0.2, 0) is 43.7 Å². The Hall–Kier alpha value is -4.95. The van der Waals surface area contributed by atoms with Crippen LogP contribution < -0.4 is 26.5 Å². The van der Waals surface area contributed by atoms with Crippen molar-refractivity contribution in [2.75, 3.05) is 84.1 Å². The van der Waals surface area contributed by atoms with E-state index in [0.717, 1.165) is 6.07 Å². The lowest BCUT2D eigenvalue weighted by Gasteiger charge is -2.15. The van der Waals surface area contributed by atoms with Crippen LogP contribution in [0.15, 0.2) is 51.2 Å². The summed E-state index contributed by atoms with van der Waals surface area (Å²) in [5, 5.41) is 66.8. The van der Waals surface area contributed by atoms with E-state index in [1.165, 1.54) is 36.6 Å². The summed E-state index contributed by atoms with van der Waals surface area (Å²) in [6, 6.07) is 8.63. The molecule has 4 rings (SSSR count). The van der Waals surface area contributed by atoms with Crippen molar-refractivity contribution in [3.05, 3.63) is 47.5 Å². The first-order valence-electron chi connectivity index (χ1n) is 18.6. The Morgan fingerprint density at radius 1 is 0.708 bits per heavy atom. The van der Waals surface area contributed by atoms with Gasteiger partial charge in [-0.15, -0.1) is 8.67 Å². The zero-order valence-electron chi connectivity index (χ0n) is 33.6. The summed E-state index contributed by atoms with van der Waals surface area (Å²) < 4.78 is 81.5. The second-order valence-electron chi connectivity index (χ2n) is 12.5. The molecule has 12 N–H and O–H groups in total. The smallest absolute Gasteiger partial charge is 0.295 e. The van der Waals surface area contributed by atoms with Gasteiger partial charge in [-0.25, -0.2) is 15.5 Å². The Bertz CT molecular complexity index is 2410. The second-order valence-corrected chi connectivity index (χ2v) is 16.9. The van der Waals surface area contributed by atoms with Crippen molar-refractivity contribution in [1.82, 2.24) is 29.9 Å². The molecule has 0 amide bonds. The van der Waals surface area contributed by atoms with E-state index in [4.69, 9.17) is 24.9 Å². The monoisotopic (exact) mass is 990 g/mol. The quantitative estimate of drug-likeness (QED) is 0.00503. The maximum absolute atomic E-state index is 12.7. The molecule has 0 atom stereocenters. The third kappa shape index (κ3) is 19.6. The van der Waals surface area contributed by atoms with Crippen molar-refractivity contribution in [3.8, 4) is 0 Å². The van der Waals surface area contributed by atoms with Crippen molar-refractivity contribution >= 4 is 117 Å². The molecule has 33 heteroatoms. The Morgan fingerprint density at radius 3 is 1.97 bits per heavy atom. The summed E-state index contributed by atoms with van der Waals surface area (Å²) in [5.41, 5.74) is 0.876. The molecule has 0 spiro atoms. The highest BCUT2D eigenvalue weighted by atomic mass is 32.2. The van der Waals surface area contributed by atoms with Crippen LogP contribution >= 0.6 is 24.1 Å². The van der Waals surface area contributed by atoms with E-state index in [2.05, 4.69) is 80.1 Å². The van der Waals surface area contributed by atoms with Crippen molar-refractivity contribution < 1.29 is 75.3 Å². The van der Waals surface area contributed by atoms with E-state index < -0.39 is 37.7 Å². The largest absolute Gasteiger partial charge is 0.397 e. The van der Waals surface area contributed by atoms with Crippen molar-refractivity contribution in [3.63, 3.8) is 0 Å². The van der Waals surface area contributed by atoms with Gasteiger partial charge in [0.2, 0.25) is 29.7 Å². The fourth-order valence-electron chi connectivity index (χ4n) is 5.09. The SMILES string of the molecule is O=S(=O)(O)CCNc1nc(NB(CCO)CCO)nc(Nc2ccc(C=Cc3ccc(Nc4nc(/N=C\CSOOO)nc(NCCOCCO)n4)cc3S(=O)(=O)O)c(SOOO)c2)n1. The zero-order valence-corrected chi connectivity index (χ0v) is 36.9. The fourth-order valence-corrected chi connectivity index (χ4v) is 6.91. The Balaban J connectivity index is 1.62. The van der Waals surface area contributed by atoms with Crippen LogP contribution in [0, 0.1) is 0 Å². The standard InChI is InChI=1S/C32H43BN12O16S4/c46-12-7-33(8-13-47)45-32-43-29(36-11-18-64(51,52)53)42-31(44-32)37-23-5-3-21(25(19-23)63-61-59-50)1-2-22-4-6-24(20-26(22)65(54,55)56)38-30-40-27(34-9-15-57-16-14-48)39-28(41-30)35-10-17-62-60-58-49/h1-6,10,19-20,46-50H,7-9,11-18H2,(H,51,52,53)(H,54,55,56)(H2,34,38,39,40,41)(H3,36,37,42,43,44,45)/b2-1?,35-10-. The van der Waals surface area contributed by atoms with E-state index in [-0.39, 0.29) is 116 Å². The lowest BCUT2D eigenvalue weighted by atomic mass is 9.57. The van der Waals surface area contributed by atoms with Crippen LogP contribution in [0.2, 0.25) is 12.6 Å². The van der Waals surface area contributed by atoms with Gasteiger partial charge < -0.3 is 46.6 Å². The molecule has 2 heterocycles. The molecular formula is C32H43BN12O16S4. The molecule has 2 aromatic heterocycles. The van der Waals surface area contributed by atoms with Crippen molar-refractivity contribution in [1.29, 1.82) is 0 Å². The van der Waals surface area contributed by atoms with E-state index in [1.54, 1.807) is 12.1 Å². The van der Waals surface area contributed by atoms with E-state index in [9.17, 15) is 31.6 Å². The summed E-state index contributed by atoms with van der Waals surface area (Å²) in [6.07, 6.45) is 4.67. The molecule has 0 aliphatic carbocycles. The number of nitrogens with zero attached hydrogens (tertiary/aromatic N) is 7. The molecule has 0 radical (unpaired) electrons. The first kappa shape index (κ1) is 52.7. The van der Waals surface area contributed by atoms with Gasteiger partial charge in [0.05, 0.1) is 43.4 Å². The average Bonchev–Trinajstić information content (AvgIpc) is 3.25. The Morgan fingerprint density at radius 2 is 1.31 bits per heavy atom. The van der Waals surface area contributed by atoms with E-state index >= 15 is 0 Å². The van der Waals surface area contributed by atoms with Crippen molar-refractivity contribution in [2.45, 2.75) is 22.4 Å². The number of benzene rings is 2. The van der Waals surface area contributed by atoms with Crippen LogP contribution in [0.1, 0.15) is 11.1 Å². The maximum atomic E-state index is 12.7. The predicted octanol–water partition coefficient (Wildman–Crippen LogP) is 2.27. The second kappa shape index (κ2) is 27.5. The summed E-state index contributed by atoms with van der Waals surface area (Å²) in [7, 11) is -9.17. The van der Waals surface area contributed by atoms with Crippen LogP contribution in [0.5, 0.6) is 0 Å². The number of aliphatic hydroxyl groups is 3. The molecule has 0 bridgehead atoms. The molecule has 0 aliphatic heterocycles. The van der Waals surface area contributed by atoms with Gasteiger partial charge in [-0.3, -0.25) is 9.11 Å². The molecule has 4 aromatic rings. The first-order chi connectivity index (χ1) is 31.2.